The number of para-hydroxylation sites is 1. The van der Waals surface area contributed by atoms with Crippen molar-refractivity contribution in [3.8, 4) is 5.75 Å². The summed E-state index contributed by atoms with van der Waals surface area (Å²) in [7, 11) is -5.39. The number of rotatable bonds is 9. The summed E-state index contributed by atoms with van der Waals surface area (Å²) in [6.07, 6.45) is 0.497. The van der Waals surface area contributed by atoms with Crippen LogP contribution in [0.3, 0.4) is 0 Å². The summed E-state index contributed by atoms with van der Waals surface area (Å²) in [5.41, 5.74) is -2.76. The molecule has 4 rings (SSSR count). The Bertz CT molecular complexity index is 1530. The SMILES string of the molecule is CC(=O)N(c1ccc(Cl)cc1)[C@@H]1C[C@H](C)N(C(=O)c2ccc(OCCCNS(=O)(=O)C(F)(F)F)cc2)c2ccccc21. The van der Waals surface area contributed by atoms with Crippen LogP contribution < -0.4 is 19.3 Å². The van der Waals surface area contributed by atoms with Crippen LogP contribution in [-0.4, -0.2) is 44.9 Å². The predicted molar refractivity (Wildman–Crippen MR) is 154 cm³/mol. The van der Waals surface area contributed by atoms with Crippen LogP contribution in [0.4, 0.5) is 24.5 Å². The van der Waals surface area contributed by atoms with Gasteiger partial charge in [-0.2, -0.15) is 13.2 Å². The van der Waals surface area contributed by atoms with Gasteiger partial charge >= 0.3 is 15.5 Å². The number of anilines is 2. The highest BCUT2D eigenvalue weighted by atomic mass is 35.5. The molecular formula is C29H29ClF3N3O5S. The minimum Gasteiger partial charge on any atom is -0.494 e. The molecule has 0 spiro atoms. The second kappa shape index (κ2) is 12.7. The third-order valence-electron chi connectivity index (χ3n) is 6.82. The third kappa shape index (κ3) is 6.88. The molecule has 224 valence electrons. The van der Waals surface area contributed by atoms with Crippen molar-refractivity contribution < 1.29 is 35.9 Å². The molecule has 3 aromatic rings. The molecule has 0 aliphatic carbocycles. The number of alkyl halides is 3. The second-order valence-corrected chi connectivity index (χ2v) is 12.0. The summed E-state index contributed by atoms with van der Waals surface area (Å²) in [5, 5.41) is 0.557. The number of sulfonamides is 1. The number of hydrogen-bond donors (Lipinski definition) is 1. The zero-order chi connectivity index (χ0) is 30.7. The number of carbonyl (C=O) groups excluding carboxylic acids is 2. The van der Waals surface area contributed by atoms with E-state index >= 15 is 0 Å². The minimum atomic E-state index is -5.39. The van der Waals surface area contributed by atoms with Crippen LogP contribution in [0, 0.1) is 0 Å². The van der Waals surface area contributed by atoms with Crippen molar-refractivity contribution in [3.63, 3.8) is 0 Å². The first kappa shape index (κ1) is 31.3. The van der Waals surface area contributed by atoms with E-state index in [9.17, 15) is 31.2 Å². The molecule has 1 aliphatic rings. The maximum absolute atomic E-state index is 13.7. The summed E-state index contributed by atoms with van der Waals surface area (Å²) in [6, 6.07) is 20.2. The normalized spacial score (nSPS) is 17.0. The Hall–Kier alpha value is -3.61. The van der Waals surface area contributed by atoms with E-state index in [4.69, 9.17) is 16.3 Å². The van der Waals surface area contributed by atoms with Crippen molar-refractivity contribution >= 4 is 44.8 Å². The second-order valence-electron chi connectivity index (χ2n) is 9.77. The van der Waals surface area contributed by atoms with Crippen molar-refractivity contribution in [2.75, 3.05) is 23.0 Å². The fourth-order valence-electron chi connectivity index (χ4n) is 4.90. The van der Waals surface area contributed by atoms with Crippen molar-refractivity contribution in [1.29, 1.82) is 0 Å². The molecule has 0 unspecified atom stereocenters. The first-order chi connectivity index (χ1) is 19.8. The summed E-state index contributed by atoms with van der Waals surface area (Å²) >= 11 is 6.06. The highest BCUT2D eigenvalue weighted by Gasteiger charge is 2.45. The zero-order valence-electron chi connectivity index (χ0n) is 22.8. The largest absolute Gasteiger partial charge is 0.511 e. The van der Waals surface area contributed by atoms with Crippen molar-refractivity contribution in [1.82, 2.24) is 4.72 Å². The monoisotopic (exact) mass is 623 g/mol. The van der Waals surface area contributed by atoms with E-state index in [1.54, 1.807) is 58.3 Å². The summed E-state index contributed by atoms with van der Waals surface area (Å²) in [6.45, 7) is 2.95. The molecule has 13 heteroatoms. The van der Waals surface area contributed by atoms with Crippen molar-refractivity contribution in [3.05, 3.63) is 88.9 Å². The van der Waals surface area contributed by atoms with Gasteiger partial charge in [0.15, 0.2) is 0 Å². The van der Waals surface area contributed by atoms with Gasteiger partial charge in [0.2, 0.25) is 5.91 Å². The zero-order valence-corrected chi connectivity index (χ0v) is 24.3. The van der Waals surface area contributed by atoms with Crippen LogP contribution in [0.15, 0.2) is 72.8 Å². The van der Waals surface area contributed by atoms with Gasteiger partial charge in [-0.05, 0) is 79.9 Å². The average molecular weight is 624 g/mol. The van der Waals surface area contributed by atoms with E-state index in [1.807, 2.05) is 31.2 Å². The fourth-order valence-corrected chi connectivity index (χ4v) is 5.60. The number of hydrogen-bond acceptors (Lipinski definition) is 5. The molecule has 2 amide bonds. The van der Waals surface area contributed by atoms with Crippen LogP contribution in [0.5, 0.6) is 5.75 Å². The van der Waals surface area contributed by atoms with Gasteiger partial charge < -0.3 is 14.5 Å². The highest BCUT2D eigenvalue weighted by Crippen LogP contribution is 2.43. The van der Waals surface area contributed by atoms with Gasteiger partial charge in [-0.15, -0.1) is 0 Å². The number of carbonyl (C=O) groups is 2. The lowest BCUT2D eigenvalue weighted by Crippen LogP contribution is -2.47. The Morgan fingerprint density at radius 3 is 2.31 bits per heavy atom. The van der Waals surface area contributed by atoms with E-state index < -0.39 is 22.1 Å². The number of ether oxygens (including phenoxy) is 1. The van der Waals surface area contributed by atoms with Crippen LogP contribution >= 0.6 is 11.6 Å². The van der Waals surface area contributed by atoms with E-state index in [1.165, 1.54) is 11.6 Å². The lowest BCUT2D eigenvalue weighted by molar-refractivity contribution is -0.117. The molecule has 0 radical (unpaired) electrons. The van der Waals surface area contributed by atoms with Gasteiger partial charge in [0.1, 0.15) is 5.75 Å². The number of nitrogens with zero attached hydrogens (tertiary/aromatic N) is 2. The Labute approximate surface area is 247 Å². The minimum absolute atomic E-state index is 0.00648. The smallest absolute Gasteiger partial charge is 0.494 e. The molecule has 0 aromatic heterocycles. The molecule has 8 nitrogen and oxygen atoms in total. The summed E-state index contributed by atoms with van der Waals surface area (Å²) in [5.74, 6) is -0.0164. The molecular weight excluding hydrogens is 595 g/mol. The standard InChI is InChI=1S/C29H29ClF3N3O5S/c1-19-18-27(36(20(2)37)23-12-10-22(30)11-13-23)25-6-3-4-7-26(25)35(19)28(38)21-8-14-24(15-9-21)41-17-5-16-34-42(39,40)29(31,32)33/h3-4,6-15,19,27,34H,5,16-18H2,1-2H3/t19-,27+/m0/s1. The molecule has 0 bridgehead atoms. The average Bonchev–Trinajstić information content (AvgIpc) is 2.93. The van der Waals surface area contributed by atoms with Crippen molar-refractivity contribution in [2.45, 2.75) is 44.3 Å². The van der Waals surface area contributed by atoms with Gasteiger partial charge in [0.25, 0.3) is 5.91 Å². The van der Waals surface area contributed by atoms with E-state index in [0.29, 0.717) is 34.1 Å². The quantitative estimate of drug-likeness (QED) is 0.292. The van der Waals surface area contributed by atoms with E-state index in [0.717, 1.165) is 5.56 Å². The van der Waals surface area contributed by atoms with Crippen LogP contribution in [0.2, 0.25) is 5.02 Å². The van der Waals surface area contributed by atoms with Gasteiger partial charge in [-0.3, -0.25) is 9.59 Å². The molecule has 1 aliphatic heterocycles. The van der Waals surface area contributed by atoms with E-state index in [2.05, 4.69) is 0 Å². The Morgan fingerprint density at radius 2 is 1.69 bits per heavy atom. The first-order valence-corrected chi connectivity index (χ1v) is 14.9. The topological polar surface area (TPSA) is 96.0 Å². The van der Waals surface area contributed by atoms with Crippen molar-refractivity contribution in [2.24, 2.45) is 0 Å². The van der Waals surface area contributed by atoms with Gasteiger partial charge in [0, 0.05) is 41.5 Å². The third-order valence-corrected chi connectivity index (χ3v) is 8.27. The lowest BCUT2D eigenvalue weighted by atomic mass is 9.89. The van der Waals surface area contributed by atoms with Crippen LogP contribution in [0.25, 0.3) is 0 Å². The number of amides is 2. The van der Waals surface area contributed by atoms with Crippen LogP contribution in [0.1, 0.15) is 48.7 Å². The van der Waals surface area contributed by atoms with E-state index in [-0.39, 0.29) is 36.9 Å². The Kier molecular flexibility index (Phi) is 9.49. The molecule has 0 saturated carbocycles. The highest BCUT2D eigenvalue weighted by molar-refractivity contribution is 7.90. The molecule has 2 atom stereocenters. The molecule has 1 N–H and O–H groups in total. The summed E-state index contributed by atoms with van der Waals surface area (Å²) < 4.78 is 66.2. The Balaban J connectivity index is 1.47. The predicted octanol–water partition coefficient (Wildman–Crippen LogP) is 6.08. The number of benzene rings is 3. The summed E-state index contributed by atoms with van der Waals surface area (Å²) in [4.78, 5) is 30.0. The fraction of sp³-hybridized carbons (Fsp3) is 0.310. The Morgan fingerprint density at radius 1 is 1.05 bits per heavy atom. The number of halogens is 4. The van der Waals surface area contributed by atoms with Gasteiger partial charge in [-0.25, -0.2) is 13.1 Å². The van der Waals surface area contributed by atoms with Gasteiger partial charge in [0.05, 0.1) is 12.6 Å². The molecule has 0 fully saturated rings. The first-order valence-electron chi connectivity index (χ1n) is 13.1. The number of fused-ring (bicyclic) bond motifs is 1. The number of nitrogens with one attached hydrogen (secondary N) is 1. The molecule has 1 heterocycles. The molecule has 3 aromatic carbocycles. The van der Waals surface area contributed by atoms with Gasteiger partial charge in [-0.1, -0.05) is 29.8 Å². The lowest BCUT2D eigenvalue weighted by Gasteiger charge is -2.43. The molecule has 0 saturated heterocycles. The maximum atomic E-state index is 13.7. The van der Waals surface area contributed by atoms with Crippen LogP contribution in [-0.2, 0) is 14.8 Å². The molecule has 42 heavy (non-hydrogen) atoms. The maximum Gasteiger partial charge on any atom is 0.511 e.